The Labute approximate surface area is 99.0 Å². The maximum atomic E-state index is 5.38. The molecule has 0 unspecified atom stereocenters. The average molecular weight is 221 g/mol. The van der Waals surface area contributed by atoms with Crippen LogP contribution in [0.15, 0.2) is 24.3 Å². The minimum absolute atomic E-state index is 0.255. The van der Waals surface area contributed by atoms with Crippen molar-refractivity contribution < 1.29 is 4.74 Å². The van der Waals surface area contributed by atoms with Gasteiger partial charge in [0.15, 0.2) is 0 Å². The highest BCUT2D eigenvalue weighted by atomic mass is 16.5. The Hall–Kier alpha value is -1.02. The Balaban J connectivity index is 2.71. The third-order valence-electron chi connectivity index (χ3n) is 2.72. The van der Waals surface area contributed by atoms with Crippen molar-refractivity contribution >= 4 is 0 Å². The van der Waals surface area contributed by atoms with Crippen LogP contribution in [0.2, 0.25) is 0 Å². The maximum Gasteiger partial charge on any atom is 0.122 e. The summed E-state index contributed by atoms with van der Waals surface area (Å²) in [6, 6.07) is 8.26. The molecule has 0 radical (unpaired) electrons. The maximum absolute atomic E-state index is 5.38. The van der Waals surface area contributed by atoms with Gasteiger partial charge in [0.1, 0.15) is 5.75 Å². The van der Waals surface area contributed by atoms with E-state index >= 15 is 0 Å². The van der Waals surface area contributed by atoms with E-state index in [2.05, 4.69) is 38.2 Å². The highest BCUT2D eigenvalue weighted by molar-refractivity contribution is 5.33. The molecule has 0 fully saturated rings. The SMILES string of the molecule is CCNCC(C)(C)Cc1ccccc1OC. The van der Waals surface area contributed by atoms with E-state index in [1.54, 1.807) is 7.11 Å². The van der Waals surface area contributed by atoms with Gasteiger partial charge in [0.25, 0.3) is 0 Å². The third kappa shape index (κ3) is 3.86. The summed E-state index contributed by atoms with van der Waals surface area (Å²) in [5, 5.41) is 3.41. The summed E-state index contributed by atoms with van der Waals surface area (Å²) in [4.78, 5) is 0. The van der Waals surface area contributed by atoms with Gasteiger partial charge in [0, 0.05) is 6.54 Å². The molecule has 1 rings (SSSR count). The van der Waals surface area contributed by atoms with E-state index in [0.29, 0.717) is 0 Å². The van der Waals surface area contributed by atoms with E-state index in [1.165, 1.54) is 5.56 Å². The summed E-state index contributed by atoms with van der Waals surface area (Å²) in [6.45, 7) is 8.75. The molecule has 0 heterocycles. The van der Waals surface area contributed by atoms with Crippen LogP contribution in [-0.4, -0.2) is 20.2 Å². The van der Waals surface area contributed by atoms with E-state index in [-0.39, 0.29) is 5.41 Å². The lowest BCUT2D eigenvalue weighted by atomic mass is 9.85. The van der Waals surface area contributed by atoms with Gasteiger partial charge in [-0.2, -0.15) is 0 Å². The molecular formula is C14H23NO. The van der Waals surface area contributed by atoms with E-state index in [9.17, 15) is 0 Å². The zero-order valence-corrected chi connectivity index (χ0v) is 10.8. The van der Waals surface area contributed by atoms with Crippen molar-refractivity contribution in [2.75, 3.05) is 20.2 Å². The Morgan fingerprint density at radius 2 is 1.94 bits per heavy atom. The number of benzene rings is 1. The van der Waals surface area contributed by atoms with Crippen LogP contribution >= 0.6 is 0 Å². The molecule has 1 N–H and O–H groups in total. The molecule has 0 saturated carbocycles. The molecule has 0 saturated heterocycles. The predicted octanol–water partition coefficient (Wildman–Crippen LogP) is 2.87. The van der Waals surface area contributed by atoms with Gasteiger partial charge >= 0.3 is 0 Å². The van der Waals surface area contributed by atoms with Crippen LogP contribution in [0.3, 0.4) is 0 Å². The summed E-state index contributed by atoms with van der Waals surface area (Å²) in [7, 11) is 1.73. The van der Waals surface area contributed by atoms with Gasteiger partial charge in [-0.15, -0.1) is 0 Å². The second kappa shape index (κ2) is 5.90. The lowest BCUT2D eigenvalue weighted by Crippen LogP contribution is -2.31. The summed E-state index contributed by atoms with van der Waals surface area (Å²) in [5.74, 6) is 0.993. The van der Waals surface area contributed by atoms with Crippen LogP contribution in [0.4, 0.5) is 0 Å². The molecule has 2 heteroatoms. The zero-order chi connectivity index (χ0) is 12.0. The van der Waals surface area contributed by atoms with Crippen molar-refractivity contribution in [3.05, 3.63) is 29.8 Å². The van der Waals surface area contributed by atoms with Crippen molar-refractivity contribution in [1.29, 1.82) is 0 Å². The molecule has 0 aliphatic heterocycles. The average Bonchev–Trinajstić information content (AvgIpc) is 2.27. The van der Waals surface area contributed by atoms with Crippen LogP contribution in [0.1, 0.15) is 26.3 Å². The van der Waals surface area contributed by atoms with E-state index < -0.39 is 0 Å². The van der Waals surface area contributed by atoms with Crippen LogP contribution in [0.25, 0.3) is 0 Å². The molecule has 0 bridgehead atoms. The van der Waals surface area contributed by atoms with E-state index in [0.717, 1.165) is 25.3 Å². The molecule has 0 aliphatic rings. The molecule has 1 aromatic carbocycles. The number of nitrogens with one attached hydrogen (secondary N) is 1. The minimum atomic E-state index is 0.255. The number of ether oxygens (including phenoxy) is 1. The van der Waals surface area contributed by atoms with Crippen LogP contribution in [0.5, 0.6) is 5.75 Å². The first-order valence-corrected chi connectivity index (χ1v) is 5.91. The fraction of sp³-hybridized carbons (Fsp3) is 0.571. The molecule has 0 aliphatic carbocycles. The third-order valence-corrected chi connectivity index (χ3v) is 2.72. The van der Waals surface area contributed by atoms with Crippen molar-refractivity contribution in [3.8, 4) is 5.75 Å². The smallest absolute Gasteiger partial charge is 0.122 e. The predicted molar refractivity (Wildman–Crippen MR) is 69.0 cm³/mol. The Bertz CT molecular complexity index is 320. The molecule has 0 atom stereocenters. The first-order valence-electron chi connectivity index (χ1n) is 5.91. The Morgan fingerprint density at radius 1 is 1.25 bits per heavy atom. The normalized spacial score (nSPS) is 11.5. The van der Waals surface area contributed by atoms with Crippen LogP contribution in [0, 0.1) is 5.41 Å². The molecule has 16 heavy (non-hydrogen) atoms. The van der Waals surface area contributed by atoms with Crippen molar-refractivity contribution in [2.24, 2.45) is 5.41 Å². The first-order chi connectivity index (χ1) is 7.59. The van der Waals surface area contributed by atoms with Crippen molar-refractivity contribution in [2.45, 2.75) is 27.2 Å². The van der Waals surface area contributed by atoms with Gasteiger partial charge in [-0.1, -0.05) is 39.0 Å². The molecule has 0 aromatic heterocycles. The van der Waals surface area contributed by atoms with Crippen molar-refractivity contribution in [3.63, 3.8) is 0 Å². The fourth-order valence-corrected chi connectivity index (χ4v) is 1.89. The number of rotatable bonds is 6. The first kappa shape index (κ1) is 13.0. The monoisotopic (exact) mass is 221 g/mol. The number of hydrogen-bond acceptors (Lipinski definition) is 2. The lowest BCUT2D eigenvalue weighted by molar-refractivity contribution is 0.332. The summed E-state index contributed by atoms with van der Waals surface area (Å²) >= 11 is 0. The van der Waals surface area contributed by atoms with Gasteiger partial charge in [0.05, 0.1) is 7.11 Å². The highest BCUT2D eigenvalue weighted by Crippen LogP contribution is 2.27. The Kier molecular flexibility index (Phi) is 4.81. The largest absolute Gasteiger partial charge is 0.496 e. The number of methoxy groups -OCH3 is 1. The standard InChI is InChI=1S/C14H23NO/c1-5-15-11-14(2,3)10-12-8-6-7-9-13(12)16-4/h6-9,15H,5,10-11H2,1-4H3. The van der Waals surface area contributed by atoms with Gasteiger partial charge in [0.2, 0.25) is 0 Å². The van der Waals surface area contributed by atoms with Gasteiger partial charge in [-0.3, -0.25) is 0 Å². The number of para-hydroxylation sites is 1. The van der Waals surface area contributed by atoms with Crippen LogP contribution < -0.4 is 10.1 Å². The molecule has 0 amide bonds. The minimum Gasteiger partial charge on any atom is -0.496 e. The molecule has 1 aromatic rings. The molecule has 90 valence electrons. The van der Waals surface area contributed by atoms with Gasteiger partial charge in [-0.25, -0.2) is 0 Å². The van der Waals surface area contributed by atoms with Gasteiger partial charge < -0.3 is 10.1 Å². The molecule has 0 spiro atoms. The lowest BCUT2D eigenvalue weighted by Gasteiger charge is -2.25. The van der Waals surface area contributed by atoms with Gasteiger partial charge in [-0.05, 0) is 30.0 Å². The van der Waals surface area contributed by atoms with Crippen molar-refractivity contribution in [1.82, 2.24) is 5.32 Å². The summed E-state index contributed by atoms with van der Waals surface area (Å²) in [6.07, 6.45) is 1.03. The topological polar surface area (TPSA) is 21.3 Å². The van der Waals surface area contributed by atoms with E-state index in [1.807, 2.05) is 12.1 Å². The molecule has 2 nitrogen and oxygen atoms in total. The summed E-state index contributed by atoms with van der Waals surface area (Å²) < 4.78 is 5.38. The summed E-state index contributed by atoms with van der Waals surface area (Å²) in [5.41, 5.74) is 1.54. The zero-order valence-electron chi connectivity index (χ0n) is 10.8. The number of hydrogen-bond donors (Lipinski definition) is 1. The second-order valence-electron chi connectivity index (χ2n) is 4.93. The molecular weight excluding hydrogens is 198 g/mol. The Morgan fingerprint density at radius 3 is 2.56 bits per heavy atom. The fourth-order valence-electron chi connectivity index (χ4n) is 1.89. The quantitative estimate of drug-likeness (QED) is 0.797. The second-order valence-corrected chi connectivity index (χ2v) is 4.93. The van der Waals surface area contributed by atoms with Crippen LogP contribution in [-0.2, 0) is 6.42 Å². The van der Waals surface area contributed by atoms with E-state index in [4.69, 9.17) is 4.74 Å². The highest BCUT2D eigenvalue weighted by Gasteiger charge is 2.19.